The van der Waals surface area contributed by atoms with E-state index in [0.29, 0.717) is 12.4 Å². The molecule has 5 nitrogen and oxygen atoms in total. The molecule has 1 aromatic carbocycles. The quantitative estimate of drug-likeness (QED) is 0.841. The number of nitrogens with zero attached hydrogens (tertiary/aromatic N) is 2. The molecule has 2 unspecified atom stereocenters. The van der Waals surface area contributed by atoms with Crippen LogP contribution >= 0.6 is 0 Å². The Labute approximate surface area is 118 Å². The number of hydrogen-bond acceptors (Lipinski definition) is 5. The molecule has 0 spiro atoms. The van der Waals surface area contributed by atoms with Crippen molar-refractivity contribution in [1.82, 2.24) is 10.1 Å². The van der Waals surface area contributed by atoms with Crippen LogP contribution in [0.15, 0.2) is 34.9 Å². The third kappa shape index (κ3) is 3.43. The largest absolute Gasteiger partial charge is 0.378 e. The van der Waals surface area contributed by atoms with Crippen LogP contribution in [0.25, 0.3) is 0 Å². The highest BCUT2D eigenvalue weighted by Gasteiger charge is 2.22. The lowest BCUT2D eigenvalue weighted by Crippen LogP contribution is -2.07. The number of aliphatic hydroxyl groups is 1. The van der Waals surface area contributed by atoms with Crippen LogP contribution in [0.1, 0.15) is 56.2 Å². The highest BCUT2D eigenvalue weighted by Crippen LogP contribution is 2.24. The Morgan fingerprint density at radius 3 is 2.65 bits per heavy atom. The van der Waals surface area contributed by atoms with Crippen molar-refractivity contribution in [3.8, 4) is 0 Å². The van der Waals surface area contributed by atoms with E-state index in [1.807, 2.05) is 37.3 Å². The molecule has 20 heavy (non-hydrogen) atoms. The highest BCUT2D eigenvalue weighted by atomic mass is 16.5. The van der Waals surface area contributed by atoms with Crippen LogP contribution < -0.4 is 0 Å². The van der Waals surface area contributed by atoms with E-state index >= 15 is 0 Å². The zero-order valence-corrected chi connectivity index (χ0v) is 11.8. The molecular formula is C15H20N2O3. The first-order valence-corrected chi connectivity index (χ1v) is 6.94. The Morgan fingerprint density at radius 1 is 1.25 bits per heavy atom. The second-order valence-electron chi connectivity index (χ2n) is 4.54. The van der Waals surface area contributed by atoms with Crippen LogP contribution in [0.5, 0.6) is 0 Å². The van der Waals surface area contributed by atoms with E-state index in [9.17, 15) is 5.11 Å². The van der Waals surface area contributed by atoms with Crippen LogP contribution in [0.2, 0.25) is 0 Å². The van der Waals surface area contributed by atoms with Gasteiger partial charge in [0.05, 0.1) is 0 Å². The molecule has 1 aromatic heterocycles. The lowest BCUT2D eigenvalue weighted by atomic mass is 10.1. The Kier molecular flexibility index (Phi) is 5.26. The number of benzene rings is 1. The van der Waals surface area contributed by atoms with Crippen molar-refractivity contribution >= 4 is 0 Å². The van der Waals surface area contributed by atoms with Gasteiger partial charge in [0.25, 0.3) is 5.89 Å². The number of ether oxygens (including phenoxy) is 1. The fourth-order valence-corrected chi connectivity index (χ4v) is 2.02. The van der Waals surface area contributed by atoms with E-state index < -0.39 is 6.10 Å². The van der Waals surface area contributed by atoms with Crippen LogP contribution in [-0.4, -0.2) is 21.9 Å². The van der Waals surface area contributed by atoms with Crippen LogP contribution in [0, 0.1) is 0 Å². The molecule has 2 aromatic rings. The normalized spacial score (nSPS) is 14.2. The first kappa shape index (κ1) is 14.7. The summed E-state index contributed by atoms with van der Waals surface area (Å²) in [6.07, 6.45) is 0.719. The molecule has 1 N–H and O–H groups in total. The van der Waals surface area contributed by atoms with Crippen molar-refractivity contribution in [2.45, 2.75) is 38.9 Å². The standard InChI is InChI=1S/C15H20N2O3/c1-3-8-12(19-4-2)14-16-15(20-17-14)13(18)11-9-6-5-7-10-11/h5-7,9-10,12-13,18H,3-4,8H2,1-2H3. The summed E-state index contributed by atoms with van der Waals surface area (Å²) in [6.45, 7) is 4.60. The van der Waals surface area contributed by atoms with Crippen LogP contribution in [0.3, 0.4) is 0 Å². The van der Waals surface area contributed by atoms with Crippen molar-refractivity contribution in [2.75, 3.05) is 6.61 Å². The van der Waals surface area contributed by atoms with Crippen molar-refractivity contribution in [1.29, 1.82) is 0 Å². The SMILES string of the molecule is CCCC(OCC)c1noc(C(O)c2ccccc2)n1. The smallest absolute Gasteiger partial charge is 0.260 e. The van der Waals surface area contributed by atoms with Gasteiger partial charge < -0.3 is 14.4 Å². The Balaban J connectivity index is 2.15. The van der Waals surface area contributed by atoms with Gasteiger partial charge in [0.1, 0.15) is 6.10 Å². The third-order valence-electron chi connectivity index (χ3n) is 3.01. The molecule has 0 fully saturated rings. The molecule has 2 rings (SSSR count). The Morgan fingerprint density at radius 2 is 2.00 bits per heavy atom. The van der Waals surface area contributed by atoms with Crippen LogP contribution in [-0.2, 0) is 4.74 Å². The van der Waals surface area contributed by atoms with Crippen molar-refractivity contribution in [3.63, 3.8) is 0 Å². The number of aromatic nitrogens is 2. The van der Waals surface area contributed by atoms with Gasteiger partial charge in [-0.3, -0.25) is 0 Å². The second kappa shape index (κ2) is 7.17. The minimum absolute atomic E-state index is 0.175. The molecular weight excluding hydrogens is 256 g/mol. The zero-order chi connectivity index (χ0) is 14.4. The van der Waals surface area contributed by atoms with Crippen LogP contribution in [0.4, 0.5) is 0 Å². The summed E-state index contributed by atoms with van der Waals surface area (Å²) in [6, 6.07) is 9.24. The molecule has 108 valence electrons. The molecule has 2 atom stereocenters. The summed E-state index contributed by atoms with van der Waals surface area (Å²) in [7, 11) is 0. The van der Waals surface area contributed by atoms with E-state index in [0.717, 1.165) is 18.4 Å². The summed E-state index contributed by atoms with van der Waals surface area (Å²) in [5.41, 5.74) is 0.728. The minimum Gasteiger partial charge on any atom is -0.378 e. The average Bonchev–Trinajstić information content (AvgIpc) is 2.97. The maximum atomic E-state index is 10.2. The van der Waals surface area contributed by atoms with Gasteiger partial charge in [0.15, 0.2) is 6.10 Å². The summed E-state index contributed by atoms with van der Waals surface area (Å²) in [4.78, 5) is 4.27. The van der Waals surface area contributed by atoms with Crippen molar-refractivity contribution in [2.24, 2.45) is 0 Å². The maximum Gasteiger partial charge on any atom is 0.260 e. The van der Waals surface area contributed by atoms with E-state index in [-0.39, 0.29) is 12.0 Å². The first-order valence-electron chi connectivity index (χ1n) is 6.94. The van der Waals surface area contributed by atoms with Gasteiger partial charge in [0, 0.05) is 6.61 Å². The molecule has 0 aliphatic carbocycles. The van der Waals surface area contributed by atoms with Gasteiger partial charge >= 0.3 is 0 Å². The monoisotopic (exact) mass is 276 g/mol. The molecule has 0 amide bonds. The Hall–Kier alpha value is -1.72. The summed E-state index contributed by atoms with van der Waals surface area (Å²) < 4.78 is 10.8. The lowest BCUT2D eigenvalue weighted by molar-refractivity contribution is 0.0477. The number of hydrogen-bond donors (Lipinski definition) is 1. The fourth-order valence-electron chi connectivity index (χ4n) is 2.02. The van der Waals surface area contributed by atoms with E-state index in [4.69, 9.17) is 9.26 Å². The summed E-state index contributed by atoms with van der Waals surface area (Å²) >= 11 is 0. The van der Waals surface area contributed by atoms with Gasteiger partial charge in [-0.1, -0.05) is 48.8 Å². The highest BCUT2D eigenvalue weighted by molar-refractivity contribution is 5.21. The summed E-state index contributed by atoms with van der Waals surface area (Å²) in [5.74, 6) is 0.700. The Bertz CT molecular complexity index is 507. The second-order valence-corrected chi connectivity index (χ2v) is 4.54. The van der Waals surface area contributed by atoms with Gasteiger partial charge in [-0.2, -0.15) is 4.98 Å². The molecule has 0 aliphatic rings. The number of rotatable bonds is 7. The molecule has 5 heteroatoms. The molecule has 1 heterocycles. The van der Waals surface area contributed by atoms with Gasteiger partial charge in [-0.25, -0.2) is 0 Å². The lowest BCUT2D eigenvalue weighted by Gasteiger charge is -2.11. The van der Waals surface area contributed by atoms with Crippen molar-refractivity contribution < 1.29 is 14.4 Å². The van der Waals surface area contributed by atoms with E-state index in [2.05, 4.69) is 17.1 Å². The van der Waals surface area contributed by atoms with E-state index in [1.54, 1.807) is 0 Å². The molecule has 0 aliphatic heterocycles. The van der Waals surface area contributed by atoms with Crippen molar-refractivity contribution in [3.05, 3.63) is 47.6 Å². The average molecular weight is 276 g/mol. The third-order valence-corrected chi connectivity index (χ3v) is 3.01. The van der Waals surface area contributed by atoms with Gasteiger partial charge in [-0.05, 0) is 18.9 Å². The number of aliphatic hydroxyl groups excluding tert-OH is 1. The molecule has 0 saturated heterocycles. The molecule has 0 bridgehead atoms. The molecule has 0 saturated carbocycles. The minimum atomic E-state index is -0.902. The van der Waals surface area contributed by atoms with E-state index in [1.165, 1.54) is 0 Å². The first-order chi connectivity index (χ1) is 9.76. The van der Waals surface area contributed by atoms with Gasteiger partial charge in [-0.15, -0.1) is 0 Å². The van der Waals surface area contributed by atoms with Gasteiger partial charge in [0.2, 0.25) is 5.82 Å². The summed E-state index contributed by atoms with van der Waals surface area (Å²) in [5, 5.41) is 14.1. The fraction of sp³-hybridized carbons (Fsp3) is 0.467. The predicted octanol–water partition coefficient (Wildman–Crippen LogP) is 3.03. The molecule has 0 radical (unpaired) electrons. The predicted molar refractivity (Wildman–Crippen MR) is 74.1 cm³/mol. The topological polar surface area (TPSA) is 68.4 Å². The zero-order valence-electron chi connectivity index (χ0n) is 11.8. The maximum absolute atomic E-state index is 10.2.